The number of rotatable bonds is 10. The summed E-state index contributed by atoms with van der Waals surface area (Å²) in [6.07, 6.45) is 4.26. The lowest BCUT2D eigenvalue weighted by atomic mass is 9.94. The molecule has 6 aliphatic rings. The first-order valence-electron chi connectivity index (χ1n) is 23.1. The first-order chi connectivity index (χ1) is 31.8. The zero-order valence-electron chi connectivity index (χ0n) is 36.8. The van der Waals surface area contributed by atoms with E-state index in [4.69, 9.17) is 6.57 Å². The van der Waals surface area contributed by atoms with E-state index >= 15 is 0 Å². The van der Waals surface area contributed by atoms with Crippen LogP contribution in [0, 0.1) is 24.3 Å². The highest BCUT2D eigenvalue weighted by Crippen LogP contribution is 2.40. The Balaban J connectivity index is 0.661. The molecule has 0 aliphatic carbocycles. The first kappa shape index (κ1) is 45.0. The Morgan fingerprint density at radius 2 is 1.23 bits per heavy atom. The molecule has 1 unspecified atom stereocenters. The third-order valence-corrected chi connectivity index (χ3v) is 14.4. The zero-order valence-corrected chi connectivity index (χ0v) is 36.8. The number of piperidine rings is 4. The number of benzene rings is 2. The van der Waals surface area contributed by atoms with Gasteiger partial charge in [-0.05, 0) is 87.1 Å². The van der Waals surface area contributed by atoms with Crippen LogP contribution in [-0.2, 0) is 20.6 Å². The van der Waals surface area contributed by atoms with E-state index in [1.165, 1.54) is 12.1 Å². The number of hydrogen-bond acceptors (Lipinski definition) is 12. The molecule has 5 saturated heterocycles. The summed E-state index contributed by atoms with van der Waals surface area (Å²) in [6, 6.07) is 8.13. The van der Waals surface area contributed by atoms with Crippen LogP contribution in [0.15, 0.2) is 48.8 Å². The standard InChI is InChI=1S/C47H54F3N11O5/c1-51-39-5-3-34(25-38(39)47(48,49)50)59-18-12-32(13-19-59)42(63)55-46-52-26-35(27-53-46)60-16-10-31(11-17-60)29-57-22-20-56(21-23-57)28-30-8-14-58(15-9-30)33-2-4-36-37(24-33)45(66)61(44(36)65)40-6-7-41(62)54-43(40)64/h2-5,24-27,30-32,40H,6-23,28-29H2,(H,54,62,64)(H,52,53,55,63). The largest absolute Gasteiger partial charge is 0.407 e. The number of hydrogen-bond donors (Lipinski definition) is 2. The van der Waals surface area contributed by atoms with E-state index in [0.29, 0.717) is 54.6 Å². The number of amides is 5. The van der Waals surface area contributed by atoms with Crippen LogP contribution in [0.3, 0.4) is 0 Å². The monoisotopic (exact) mass is 909 g/mol. The van der Waals surface area contributed by atoms with Gasteiger partial charge in [0.05, 0.1) is 41.3 Å². The highest BCUT2D eigenvalue weighted by atomic mass is 19.4. The van der Waals surface area contributed by atoms with Crippen LogP contribution in [-0.4, -0.2) is 139 Å². The molecule has 66 heavy (non-hydrogen) atoms. The van der Waals surface area contributed by atoms with Gasteiger partial charge < -0.3 is 24.5 Å². The van der Waals surface area contributed by atoms with Crippen LogP contribution in [0.5, 0.6) is 0 Å². The Kier molecular flexibility index (Phi) is 13.0. The van der Waals surface area contributed by atoms with E-state index in [9.17, 15) is 37.1 Å². The second kappa shape index (κ2) is 19.0. The van der Waals surface area contributed by atoms with Crippen molar-refractivity contribution in [1.29, 1.82) is 0 Å². The molecular weight excluding hydrogens is 856 g/mol. The van der Waals surface area contributed by atoms with Crippen molar-refractivity contribution in [3.8, 4) is 0 Å². The predicted molar refractivity (Wildman–Crippen MR) is 239 cm³/mol. The van der Waals surface area contributed by atoms with Gasteiger partial charge in [-0.1, -0.05) is 6.07 Å². The van der Waals surface area contributed by atoms with Crippen LogP contribution in [0.2, 0.25) is 0 Å². The molecule has 0 radical (unpaired) electrons. The maximum absolute atomic E-state index is 13.5. The second-order valence-corrected chi connectivity index (χ2v) is 18.5. The van der Waals surface area contributed by atoms with Crippen molar-refractivity contribution in [2.45, 2.75) is 63.6 Å². The van der Waals surface area contributed by atoms with Gasteiger partial charge in [0.15, 0.2) is 5.69 Å². The van der Waals surface area contributed by atoms with Gasteiger partial charge in [0.2, 0.25) is 23.7 Å². The topological polar surface area (TPSA) is 159 Å². The van der Waals surface area contributed by atoms with Gasteiger partial charge in [0.1, 0.15) is 6.04 Å². The summed E-state index contributed by atoms with van der Waals surface area (Å²) in [6.45, 7) is 17.8. The van der Waals surface area contributed by atoms with Gasteiger partial charge >= 0.3 is 6.18 Å². The second-order valence-electron chi connectivity index (χ2n) is 18.5. The molecule has 0 saturated carbocycles. The van der Waals surface area contributed by atoms with Crippen LogP contribution in [0.25, 0.3) is 4.85 Å². The lowest BCUT2D eigenvalue weighted by Gasteiger charge is -2.41. The molecule has 3 aromatic rings. The van der Waals surface area contributed by atoms with Gasteiger partial charge in [-0.25, -0.2) is 14.8 Å². The van der Waals surface area contributed by atoms with Crippen molar-refractivity contribution < 1.29 is 37.1 Å². The lowest BCUT2D eigenvalue weighted by molar-refractivity contribution is -0.137. The van der Waals surface area contributed by atoms with Crippen molar-refractivity contribution in [2.75, 3.05) is 98.6 Å². The third-order valence-electron chi connectivity index (χ3n) is 14.4. The summed E-state index contributed by atoms with van der Waals surface area (Å²) in [5, 5.41) is 5.07. The van der Waals surface area contributed by atoms with Crippen molar-refractivity contribution >= 4 is 58.2 Å². The summed E-state index contributed by atoms with van der Waals surface area (Å²) in [5.74, 6) is -1.07. The molecule has 9 rings (SSSR count). The summed E-state index contributed by atoms with van der Waals surface area (Å²) in [4.78, 5) is 88.1. The Labute approximate surface area is 381 Å². The molecule has 16 nitrogen and oxygen atoms in total. The van der Waals surface area contributed by atoms with E-state index in [2.05, 4.69) is 45.0 Å². The molecule has 6 aliphatic heterocycles. The molecular formula is C47H54F3N11O5. The maximum atomic E-state index is 13.5. The first-order valence-corrected chi connectivity index (χ1v) is 23.1. The van der Waals surface area contributed by atoms with E-state index in [0.717, 1.165) is 113 Å². The summed E-state index contributed by atoms with van der Waals surface area (Å²) in [5.41, 5.74) is 1.44. The highest BCUT2D eigenvalue weighted by molar-refractivity contribution is 6.23. The SMILES string of the molecule is [C-]#[N+]c1ccc(N2CCC(C(=O)Nc3ncc(N4CCC(CN5CCN(CC6CCN(c7ccc8c(c7)C(=O)N(C7CCC(=O)NC7=O)C8=O)CC6)CC5)CC4)cn3)CC2)cc1C(F)(F)F. The highest BCUT2D eigenvalue weighted by Gasteiger charge is 2.45. The molecule has 19 heteroatoms. The number of fused-ring (bicyclic) bond motifs is 1. The predicted octanol–water partition coefficient (Wildman–Crippen LogP) is 5.05. The van der Waals surface area contributed by atoms with Crippen LogP contribution < -0.4 is 25.3 Å². The van der Waals surface area contributed by atoms with Gasteiger partial charge in [0.25, 0.3) is 11.8 Å². The summed E-state index contributed by atoms with van der Waals surface area (Å²) < 4.78 is 40.5. The van der Waals surface area contributed by atoms with E-state index in [-0.39, 0.29) is 30.6 Å². The minimum absolute atomic E-state index is 0.0893. The molecule has 5 amide bonds. The summed E-state index contributed by atoms with van der Waals surface area (Å²) in [7, 11) is 0. The van der Waals surface area contributed by atoms with Crippen LogP contribution >= 0.6 is 0 Å². The average Bonchev–Trinajstić information content (AvgIpc) is 3.57. The van der Waals surface area contributed by atoms with Crippen molar-refractivity contribution in [3.05, 3.63) is 76.9 Å². The Hall–Kier alpha value is -6.13. The van der Waals surface area contributed by atoms with Gasteiger partial charge in [-0.15, -0.1) is 0 Å². The van der Waals surface area contributed by atoms with Gasteiger partial charge in [0, 0.05) is 102 Å². The fourth-order valence-electron chi connectivity index (χ4n) is 10.5. The molecule has 348 valence electrons. The molecule has 7 heterocycles. The number of piperazine rings is 1. The van der Waals surface area contributed by atoms with Crippen LogP contribution in [0.1, 0.15) is 77.6 Å². The molecule has 1 atom stereocenters. The molecule has 2 N–H and O–H groups in total. The molecule has 0 spiro atoms. The smallest absolute Gasteiger partial charge is 0.372 e. The Morgan fingerprint density at radius 3 is 1.79 bits per heavy atom. The fraction of sp³-hybridized carbons (Fsp3) is 0.532. The van der Waals surface area contributed by atoms with Gasteiger partial charge in [-0.2, -0.15) is 13.2 Å². The molecule has 1 aromatic heterocycles. The molecule has 2 aromatic carbocycles. The quantitative estimate of drug-likeness (QED) is 0.206. The van der Waals surface area contributed by atoms with Crippen molar-refractivity contribution in [3.63, 3.8) is 0 Å². The number of anilines is 4. The van der Waals surface area contributed by atoms with Crippen molar-refractivity contribution in [2.24, 2.45) is 17.8 Å². The number of nitrogens with one attached hydrogen (secondary N) is 2. The maximum Gasteiger partial charge on any atom is 0.407 e. The molecule has 5 fully saturated rings. The number of carbonyl (C=O) groups excluding carboxylic acids is 5. The minimum atomic E-state index is -4.62. The number of nitrogens with zero attached hydrogens (tertiary/aromatic N) is 9. The number of aromatic nitrogens is 2. The molecule has 0 bridgehead atoms. The van der Waals surface area contributed by atoms with E-state index in [1.54, 1.807) is 24.5 Å². The number of halogens is 3. The minimum Gasteiger partial charge on any atom is -0.372 e. The normalized spacial score (nSPS) is 22.1. The van der Waals surface area contributed by atoms with E-state index < -0.39 is 47.1 Å². The average molecular weight is 910 g/mol. The van der Waals surface area contributed by atoms with Crippen LogP contribution in [0.4, 0.5) is 41.9 Å². The zero-order chi connectivity index (χ0) is 46.1. The number of carbonyl (C=O) groups is 5. The van der Waals surface area contributed by atoms with Crippen molar-refractivity contribution in [1.82, 2.24) is 30.0 Å². The Morgan fingerprint density at radius 1 is 0.697 bits per heavy atom. The van der Waals surface area contributed by atoms with Gasteiger partial charge in [-0.3, -0.25) is 39.5 Å². The van der Waals surface area contributed by atoms with E-state index in [1.807, 2.05) is 11.0 Å². The fourth-order valence-corrected chi connectivity index (χ4v) is 10.5. The number of imide groups is 2. The third kappa shape index (κ3) is 9.71. The summed E-state index contributed by atoms with van der Waals surface area (Å²) >= 11 is 0. The number of alkyl halides is 3. The lowest BCUT2D eigenvalue weighted by Crippen LogP contribution is -2.54. The Bertz CT molecular complexity index is 2380.